The lowest BCUT2D eigenvalue weighted by atomic mass is 9.92. The molecular formula is C18H24FNO5. The Morgan fingerprint density at radius 1 is 1.28 bits per heavy atom. The predicted molar refractivity (Wildman–Crippen MR) is 88.9 cm³/mol. The number of aliphatic carboxylic acids is 1. The van der Waals surface area contributed by atoms with Gasteiger partial charge in [-0.3, -0.25) is 9.59 Å². The molecule has 0 aliphatic heterocycles. The average Bonchev–Trinajstić information content (AvgIpc) is 3.00. The van der Waals surface area contributed by atoms with Crippen LogP contribution < -0.4 is 5.32 Å². The Kier molecular flexibility index (Phi) is 6.90. The molecule has 1 amide bonds. The molecule has 0 bridgehead atoms. The second-order valence-electron chi connectivity index (χ2n) is 6.36. The molecule has 1 fully saturated rings. The van der Waals surface area contributed by atoms with E-state index in [2.05, 4.69) is 5.32 Å². The van der Waals surface area contributed by atoms with Gasteiger partial charge in [-0.05, 0) is 31.0 Å². The lowest BCUT2D eigenvalue weighted by Crippen LogP contribution is -2.47. The summed E-state index contributed by atoms with van der Waals surface area (Å²) < 4.78 is 24.0. The SMILES string of the molecule is COCCOCc1cc(C(=O)NC2(CC(=O)O)CCCC2)ccc1F. The fraction of sp³-hybridized carbons (Fsp3) is 0.556. The normalized spacial score (nSPS) is 15.9. The van der Waals surface area contributed by atoms with Crippen molar-refractivity contribution in [3.8, 4) is 0 Å². The fourth-order valence-corrected chi connectivity index (χ4v) is 3.15. The highest BCUT2D eigenvalue weighted by atomic mass is 19.1. The lowest BCUT2D eigenvalue weighted by Gasteiger charge is -2.28. The van der Waals surface area contributed by atoms with Crippen molar-refractivity contribution in [3.63, 3.8) is 0 Å². The molecule has 138 valence electrons. The van der Waals surface area contributed by atoms with Crippen LogP contribution in [0.5, 0.6) is 0 Å². The van der Waals surface area contributed by atoms with E-state index in [-0.39, 0.29) is 24.5 Å². The van der Waals surface area contributed by atoms with Crippen molar-refractivity contribution in [3.05, 3.63) is 35.1 Å². The Hall–Kier alpha value is -1.99. The summed E-state index contributed by atoms with van der Waals surface area (Å²) in [5.74, 6) is -1.77. The van der Waals surface area contributed by atoms with Crippen LogP contribution in [0.2, 0.25) is 0 Å². The molecule has 0 saturated heterocycles. The number of carbonyl (C=O) groups is 2. The second-order valence-corrected chi connectivity index (χ2v) is 6.36. The summed E-state index contributed by atoms with van der Waals surface area (Å²) in [5, 5.41) is 12.0. The first-order valence-electron chi connectivity index (χ1n) is 8.35. The topological polar surface area (TPSA) is 84.9 Å². The van der Waals surface area contributed by atoms with E-state index in [1.807, 2.05) is 0 Å². The summed E-state index contributed by atoms with van der Waals surface area (Å²) in [6.07, 6.45) is 2.94. The van der Waals surface area contributed by atoms with E-state index in [0.717, 1.165) is 12.8 Å². The van der Waals surface area contributed by atoms with E-state index in [0.29, 0.717) is 31.6 Å². The molecule has 0 unspecified atom stereocenters. The monoisotopic (exact) mass is 353 g/mol. The van der Waals surface area contributed by atoms with E-state index >= 15 is 0 Å². The van der Waals surface area contributed by atoms with Gasteiger partial charge in [0.2, 0.25) is 0 Å². The quantitative estimate of drug-likeness (QED) is 0.667. The van der Waals surface area contributed by atoms with Crippen molar-refractivity contribution in [2.75, 3.05) is 20.3 Å². The largest absolute Gasteiger partial charge is 0.481 e. The van der Waals surface area contributed by atoms with Crippen molar-refractivity contribution in [2.24, 2.45) is 0 Å². The molecule has 0 spiro atoms. The maximum atomic E-state index is 13.9. The highest BCUT2D eigenvalue weighted by Gasteiger charge is 2.37. The van der Waals surface area contributed by atoms with Crippen molar-refractivity contribution in [1.29, 1.82) is 0 Å². The second kappa shape index (κ2) is 8.92. The van der Waals surface area contributed by atoms with Gasteiger partial charge in [0.1, 0.15) is 5.82 Å². The van der Waals surface area contributed by atoms with Gasteiger partial charge in [-0.25, -0.2) is 4.39 Å². The van der Waals surface area contributed by atoms with E-state index in [9.17, 15) is 14.0 Å². The number of hydrogen-bond donors (Lipinski definition) is 2. The van der Waals surface area contributed by atoms with Gasteiger partial charge in [-0.15, -0.1) is 0 Å². The Morgan fingerprint density at radius 3 is 2.64 bits per heavy atom. The van der Waals surface area contributed by atoms with E-state index in [4.69, 9.17) is 14.6 Å². The molecule has 7 heteroatoms. The molecule has 0 aromatic heterocycles. The number of amides is 1. The van der Waals surface area contributed by atoms with Crippen molar-refractivity contribution < 1.29 is 28.6 Å². The van der Waals surface area contributed by atoms with Crippen LogP contribution in [-0.2, 0) is 20.9 Å². The summed E-state index contributed by atoms with van der Waals surface area (Å²) in [5.41, 5.74) is -0.141. The first-order valence-corrected chi connectivity index (χ1v) is 8.35. The molecule has 6 nitrogen and oxygen atoms in total. The fourth-order valence-electron chi connectivity index (χ4n) is 3.15. The summed E-state index contributed by atoms with van der Waals surface area (Å²) in [4.78, 5) is 23.7. The molecule has 0 radical (unpaired) electrons. The zero-order valence-corrected chi connectivity index (χ0v) is 14.3. The molecule has 1 aliphatic carbocycles. The molecule has 1 saturated carbocycles. The maximum Gasteiger partial charge on any atom is 0.305 e. The highest BCUT2D eigenvalue weighted by molar-refractivity contribution is 5.95. The molecule has 2 rings (SSSR count). The smallest absolute Gasteiger partial charge is 0.305 e. The highest BCUT2D eigenvalue weighted by Crippen LogP contribution is 2.33. The predicted octanol–water partition coefficient (Wildman–Crippen LogP) is 2.51. The molecule has 0 atom stereocenters. The van der Waals surface area contributed by atoms with E-state index in [1.165, 1.54) is 18.2 Å². The van der Waals surface area contributed by atoms with Crippen molar-refractivity contribution in [1.82, 2.24) is 5.32 Å². The van der Waals surface area contributed by atoms with Crippen molar-refractivity contribution in [2.45, 2.75) is 44.2 Å². The number of carbonyl (C=O) groups excluding carboxylic acids is 1. The zero-order chi connectivity index (χ0) is 18.3. The minimum absolute atomic E-state index is 0.0383. The van der Waals surface area contributed by atoms with Crippen molar-refractivity contribution >= 4 is 11.9 Å². The van der Waals surface area contributed by atoms with Gasteiger partial charge in [0.05, 0.1) is 31.8 Å². The molecular weight excluding hydrogens is 329 g/mol. The number of nitrogens with one attached hydrogen (secondary N) is 1. The molecule has 25 heavy (non-hydrogen) atoms. The average molecular weight is 353 g/mol. The number of rotatable bonds is 9. The van der Waals surface area contributed by atoms with Crippen LogP contribution >= 0.6 is 0 Å². The minimum atomic E-state index is -0.937. The van der Waals surface area contributed by atoms with Crippen LogP contribution in [0.15, 0.2) is 18.2 Å². The summed E-state index contributed by atoms with van der Waals surface area (Å²) >= 11 is 0. The lowest BCUT2D eigenvalue weighted by molar-refractivity contribution is -0.138. The molecule has 2 N–H and O–H groups in total. The van der Waals surface area contributed by atoms with Gasteiger partial charge in [0.15, 0.2) is 0 Å². The first-order chi connectivity index (χ1) is 12.0. The zero-order valence-electron chi connectivity index (χ0n) is 14.3. The molecule has 1 aromatic carbocycles. The number of hydrogen-bond acceptors (Lipinski definition) is 4. The third-order valence-electron chi connectivity index (χ3n) is 4.43. The van der Waals surface area contributed by atoms with E-state index < -0.39 is 17.3 Å². The molecule has 1 aromatic rings. The van der Waals surface area contributed by atoms with Gasteiger partial charge in [0, 0.05) is 18.2 Å². The van der Waals surface area contributed by atoms with E-state index in [1.54, 1.807) is 7.11 Å². The van der Waals surface area contributed by atoms with Crippen LogP contribution in [0, 0.1) is 5.82 Å². The Bertz CT molecular complexity index is 613. The maximum absolute atomic E-state index is 13.9. The number of halogens is 1. The number of ether oxygens (including phenoxy) is 2. The van der Waals surface area contributed by atoms with Crippen LogP contribution in [-0.4, -0.2) is 42.8 Å². The third kappa shape index (κ3) is 5.51. The van der Waals surface area contributed by atoms with Gasteiger partial charge >= 0.3 is 5.97 Å². The first kappa shape index (κ1) is 19.3. The standard InChI is InChI=1S/C18H24FNO5/c1-24-8-9-25-12-14-10-13(4-5-15(14)19)17(23)20-18(11-16(21)22)6-2-3-7-18/h4-5,10H,2-3,6-9,11-12H2,1H3,(H,20,23)(H,21,22). The van der Waals surface area contributed by atoms with Gasteiger partial charge in [-0.2, -0.15) is 0 Å². The summed E-state index contributed by atoms with van der Waals surface area (Å²) in [6.45, 7) is 0.768. The number of benzene rings is 1. The van der Waals surface area contributed by atoms with Crippen LogP contribution in [0.3, 0.4) is 0 Å². The number of carboxylic acid groups (broad SMARTS) is 1. The molecule has 0 heterocycles. The van der Waals surface area contributed by atoms with Crippen LogP contribution in [0.4, 0.5) is 4.39 Å². The molecule has 1 aliphatic rings. The third-order valence-corrected chi connectivity index (χ3v) is 4.43. The van der Waals surface area contributed by atoms with Gasteiger partial charge in [-0.1, -0.05) is 12.8 Å². The van der Waals surface area contributed by atoms with Gasteiger partial charge < -0.3 is 19.9 Å². The Labute approximate surface area is 146 Å². The van der Waals surface area contributed by atoms with Crippen LogP contribution in [0.1, 0.15) is 48.0 Å². The number of carboxylic acids is 1. The Morgan fingerprint density at radius 2 is 2.00 bits per heavy atom. The number of methoxy groups -OCH3 is 1. The van der Waals surface area contributed by atoms with Crippen LogP contribution in [0.25, 0.3) is 0 Å². The minimum Gasteiger partial charge on any atom is -0.481 e. The summed E-state index contributed by atoms with van der Waals surface area (Å²) in [6, 6.07) is 4.07. The summed E-state index contributed by atoms with van der Waals surface area (Å²) in [7, 11) is 1.55. The van der Waals surface area contributed by atoms with Gasteiger partial charge in [0.25, 0.3) is 5.91 Å². The Balaban J connectivity index is 2.06.